The molecule has 2 aromatic carbocycles. The lowest BCUT2D eigenvalue weighted by Crippen LogP contribution is -2.29. The average molecular weight is 393 g/mol. The van der Waals surface area contributed by atoms with Crippen molar-refractivity contribution < 1.29 is 27.6 Å². The Hall–Kier alpha value is -3.36. The van der Waals surface area contributed by atoms with Crippen molar-refractivity contribution in [2.45, 2.75) is 12.6 Å². The molecule has 148 valence electrons. The van der Waals surface area contributed by atoms with Crippen molar-refractivity contribution in [1.82, 2.24) is 5.32 Å². The van der Waals surface area contributed by atoms with Crippen LogP contribution in [-0.2, 0) is 27.0 Å². The first-order chi connectivity index (χ1) is 13.3. The molecule has 0 unspecified atom stereocenters. The summed E-state index contributed by atoms with van der Waals surface area (Å²) in [7, 11) is 0. The van der Waals surface area contributed by atoms with Gasteiger partial charge >= 0.3 is 6.18 Å². The highest BCUT2D eigenvalue weighted by Gasteiger charge is 2.30. The van der Waals surface area contributed by atoms with Gasteiger partial charge in [0.1, 0.15) is 6.21 Å². The number of carbonyl (C=O) groups is 2. The molecule has 0 fully saturated rings. The van der Waals surface area contributed by atoms with E-state index in [0.29, 0.717) is 13.0 Å². The SMILES string of the molecule is O=C(/C=N/OCC(=O)NCCc1ccccc1)Nc1cccc(C(F)(F)F)c1. The van der Waals surface area contributed by atoms with Crippen LogP contribution in [0.4, 0.5) is 18.9 Å². The third-order valence-electron chi connectivity index (χ3n) is 3.48. The van der Waals surface area contributed by atoms with E-state index < -0.39 is 23.6 Å². The fourth-order valence-corrected chi connectivity index (χ4v) is 2.17. The summed E-state index contributed by atoms with van der Waals surface area (Å²) in [5.41, 5.74) is 0.156. The van der Waals surface area contributed by atoms with Crippen molar-refractivity contribution in [3.8, 4) is 0 Å². The van der Waals surface area contributed by atoms with Gasteiger partial charge < -0.3 is 15.5 Å². The topological polar surface area (TPSA) is 79.8 Å². The number of hydrogen-bond donors (Lipinski definition) is 2. The number of alkyl halides is 3. The molecule has 0 spiro atoms. The maximum Gasteiger partial charge on any atom is 0.416 e. The first-order valence-corrected chi connectivity index (χ1v) is 8.29. The minimum atomic E-state index is -4.51. The van der Waals surface area contributed by atoms with E-state index in [2.05, 4.69) is 15.8 Å². The normalized spacial score (nSPS) is 11.2. The summed E-state index contributed by atoms with van der Waals surface area (Å²) >= 11 is 0. The highest BCUT2D eigenvalue weighted by atomic mass is 19.4. The van der Waals surface area contributed by atoms with Crippen LogP contribution in [0.2, 0.25) is 0 Å². The van der Waals surface area contributed by atoms with Crippen molar-refractivity contribution >= 4 is 23.7 Å². The molecule has 2 N–H and O–H groups in total. The number of rotatable bonds is 8. The van der Waals surface area contributed by atoms with Crippen LogP contribution < -0.4 is 10.6 Å². The van der Waals surface area contributed by atoms with E-state index in [-0.39, 0.29) is 12.3 Å². The zero-order valence-electron chi connectivity index (χ0n) is 14.7. The van der Waals surface area contributed by atoms with Gasteiger partial charge in [-0.25, -0.2) is 0 Å². The number of carbonyl (C=O) groups excluding carboxylic acids is 2. The van der Waals surface area contributed by atoms with E-state index in [0.717, 1.165) is 23.9 Å². The molecular formula is C19H18F3N3O3. The van der Waals surface area contributed by atoms with Gasteiger partial charge in [-0.1, -0.05) is 41.6 Å². The maximum absolute atomic E-state index is 12.6. The molecule has 6 nitrogen and oxygen atoms in total. The fourth-order valence-electron chi connectivity index (χ4n) is 2.17. The van der Waals surface area contributed by atoms with E-state index >= 15 is 0 Å². The van der Waals surface area contributed by atoms with Crippen LogP contribution in [-0.4, -0.2) is 31.2 Å². The van der Waals surface area contributed by atoms with E-state index in [1.165, 1.54) is 12.1 Å². The van der Waals surface area contributed by atoms with E-state index in [4.69, 9.17) is 4.84 Å². The zero-order chi connectivity index (χ0) is 20.4. The Bertz CT molecular complexity index is 824. The Morgan fingerprint density at radius 2 is 1.82 bits per heavy atom. The van der Waals surface area contributed by atoms with Crippen LogP contribution in [0.1, 0.15) is 11.1 Å². The first kappa shape index (κ1) is 20.9. The fraction of sp³-hybridized carbons (Fsp3) is 0.211. The molecule has 0 saturated carbocycles. The summed E-state index contributed by atoms with van der Waals surface area (Å²) in [5, 5.41) is 8.19. The van der Waals surface area contributed by atoms with Crippen molar-refractivity contribution in [3.05, 3.63) is 65.7 Å². The second-order valence-corrected chi connectivity index (χ2v) is 5.66. The number of nitrogens with one attached hydrogen (secondary N) is 2. The lowest BCUT2D eigenvalue weighted by molar-refractivity contribution is -0.137. The van der Waals surface area contributed by atoms with Gasteiger partial charge in [-0.2, -0.15) is 13.2 Å². The smallest absolute Gasteiger partial charge is 0.386 e. The van der Waals surface area contributed by atoms with Gasteiger partial charge in [0.15, 0.2) is 6.61 Å². The molecule has 9 heteroatoms. The summed E-state index contributed by atoms with van der Waals surface area (Å²) in [6.45, 7) is 0.0358. The second-order valence-electron chi connectivity index (χ2n) is 5.66. The minimum Gasteiger partial charge on any atom is -0.386 e. The standard InChI is InChI=1S/C19H18F3N3O3/c20-19(21,22)15-7-4-8-16(11-15)25-17(26)12-24-28-13-18(27)23-10-9-14-5-2-1-3-6-14/h1-8,11-12H,9-10,13H2,(H,23,27)(H,25,26)/b24-12+. The molecular weight excluding hydrogens is 375 g/mol. The molecule has 2 aromatic rings. The number of nitrogens with zero attached hydrogens (tertiary/aromatic N) is 1. The Morgan fingerprint density at radius 1 is 1.07 bits per heavy atom. The van der Waals surface area contributed by atoms with Crippen LogP contribution >= 0.6 is 0 Å². The number of hydrogen-bond acceptors (Lipinski definition) is 4. The van der Waals surface area contributed by atoms with Gasteiger partial charge in [0.2, 0.25) is 0 Å². The van der Waals surface area contributed by atoms with Crippen molar-refractivity contribution in [2.75, 3.05) is 18.5 Å². The summed E-state index contributed by atoms with van der Waals surface area (Å²) < 4.78 is 37.9. The molecule has 0 aliphatic heterocycles. The predicted octanol–water partition coefficient (Wildman–Crippen LogP) is 3.01. The number of halogens is 3. The van der Waals surface area contributed by atoms with Crippen LogP contribution in [0.15, 0.2) is 59.8 Å². The predicted molar refractivity (Wildman–Crippen MR) is 97.7 cm³/mol. The lowest BCUT2D eigenvalue weighted by Gasteiger charge is -2.08. The molecule has 0 aliphatic rings. The molecule has 0 saturated heterocycles. The molecule has 0 aromatic heterocycles. The molecule has 0 radical (unpaired) electrons. The molecule has 0 aliphatic carbocycles. The number of benzene rings is 2. The monoisotopic (exact) mass is 393 g/mol. The van der Waals surface area contributed by atoms with Gasteiger partial charge in [-0.3, -0.25) is 9.59 Å². The molecule has 0 atom stereocenters. The summed E-state index contributed by atoms with van der Waals surface area (Å²) in [6.07, 6.45) is -3.11. The Labute approximate surface area is 159 Å². The summed E-state index contributed by atoms with van der Waals surface area (Å²) in [6, 6.07) is 13.8. The number of anilines is 1. The highest BCUT2D eigenvalue weighted by molar-refractivity contribution is 6.31. The maximum atomic E-state index is 12.6. The van der Waals surface area contributed by atoms with Gasteiger partial charge in [0.25, 0.3) is 11.8 Å². The van der Waals surface area contributed by atoms with Crippen LogP contribution in [0.5, 0.6) is 0 Å². The van der Waals surface area contributed by atoms with E-state index in [9.17, 15) is 22.8 Å². The Balaban J connectivity index is 1.68. The lowest BCUT2D eigenvalue weighted by atomic mass is 10.1. The number of oxime groups is 1. The van der Waals surface area contributed by atoms with Crippen molar-refractivity contribution in [3.63, 3.8) is 0 Å². The van der Waals surface area contributed by atoms with Gasteiger partial charge in [-0.15, -0.1) is 0 Å². The average Bonchev–Trinajstić information content (AvgIpc) is 2.66. The van der Waals surface area contributed by atoms with Gasteiger partial charge in [0.05, 0.1) is 5.56 Å². The van der Waals surface area contributed by atoms with E-state index in [1.807, 2.05) is 30.3 Å². The zero-order valence-corrected chi connectivity index (χ0v) is 14.7. The second kappa shape index (κ2) is 10.1. The van der Waals surface area contributed by atoms with Crippen molar-refractivity contribution in [2.24, 2.45) is 5.16 Å². The molecule has 2 amide bonds. The van der Waals surface area contributed by atoms with E-state index in [1.54, 1.807) is 0 Å². The van der Waals surface area contributed by atoms with Gasteiger partial charge in [-0.05, 0) is 30.2 Å². The summed E-state index contributed by atoms with van der Waals surface area (Å²) in [4.78, 5) is 27.9. The molecule has 0 bridgehead atoms. The van der Waals surface area contributed by atoms with Crippen LogP contribution in [0, 0.1) is 0 Å². The quantitative estimate of drug-likeness (QED) is 0.535. The number of amides is 2. The van der Waals surface area contributed by atoms with Crippen LogP contribution in [0.3, 0.4) is 0 Å². The minimum absolute atomic E-state index is 0.0371. The van der Waals surface area contributed by atoms with Crippen molar-refractivity contribution in [1.29, 1.82) is 0 Å². The Morgan fingerprint density at radius 3 is 2.54 bits per heavy atom. The Kier molecular flexibility index (Phi) is 7.55. The summed E-state index contributed by atoms with van der Waals surface area (Å²) in [5.74, 6) is -1.20. The van der Waals surface area contributed by atoms with Crippen LogP contribution in [0.25, 0.3) is 0 Å². The first-order valence-electron chi connectivity index (χ1n) is 8.29. The molecule has 0 heterocycles. The third kappa shape index (κ3) is 7.48. The molecule has 28 heavy (non-hydrogen) atoms. The highest BCUT2D eigenvalue weighted by Crippen LogP contribution is 2.30. The molecule has 2 rings (SSSR count). The largest absolute Gasteiger partial charge is 0.416 e. The van der Waals surface area contributed by atoms with Gasteiger partial charge in [0, 0.05) is 12.2 Å². The third-order valence-corrected chi connectivity index (χ3v) is 3.48.